The minimum absolute atomic E-state index is 0.165. The number of nitrogens with two attached hydrogens (primary N) is 1. The van der Waals surface area contributed by atoms with Gasteiger partial charge < -0.3 is 21.0 Å². The maximum absolute atomic E-state index is 6.44. The van der Waals surface area contributed by atoms with Crippen LogP contribution in [0.3, 0.4) is 0 Å². The number of allylic oxidation sites excluding steroid dienone is 7. The van der Waals surface area contributed by atoms with E-state index in [1.807, 2.05) is 30.6 Å². The van der Waals surface area contributed by atoms with Gasteiger partial charge in [0, 0.05) is 0 Å². The quantitative estimate of drug-likeness (QED) is 0.148. The first kappa shape index (κ1) is 28.3. The molecule has 1 aliphatic rings. The van der Waals surface area contributed by atoms with Crippen molar-refractivity contribution in [2.75, 3.05) is 6.54 Å². The summed E-state index contributed by atoms with van der Waals surface area (Å²) in [6, 6.07) is 8.70. The number of rotatable bonds is 12. The Morgan fingerprint density at radius 2 is 1.90 bits per heavy atom. The molecule has 0 bridgehead atoms. The van der Waals surface area contributed by atoms with Crippen LogP contribution in [0.2, 0.25) is 0 Å². The highest BCUT2D eigenvalue weighted by Gasteiger charge is 2.19. The SMILES string of the molecule is C=C\C(=C/C=C(C)/C=C/c1ccc(-c2cnc(C3CCCN3)[nH]2)cc1)c1cnc(C(N)CC(C=C)C(C)C)[nH]1. The summed E-state index contributed by atoms with van der Waals surface area (Å²) in [5.74, 6) is 2.67. The molecule has 1 aromatic carbocycles. The van der Waals surface area contributed by atoms with Crippen molar-refractivity contribution in [2.24, 2.45) is 17.6 Å². The zero-order valence-corrected chi connectivity index (χ0v) is 23.5. The van der Waals surface area contributed by atoms with Crippen molar-refractivity contribution in [1.82, 2.24) is 25.3 Å². The second-order valence-electron chi connectivity index (χ2n) is 10.7. The Labute approximate surface area is 233 Å². The summed E-state index contributed by atoms with van der Waals surface area (Å²) in [5.41, 5.74) is 12.8. The number of aromatic nitrogens is 4. The van der Waals surface area contributed by atoms with E-state index in [4.69, 9.17) is 5.73 Å². The van der Waals surface area contributed by atoms with Crippen LogP contribution in [0.25, 0.3) is 22.9 Å². The first-order valence-corrected chi connectivity index (χ1v) is 13.9. The highest BCUT2D eigenvalue weighted by molar-refractivity contribution is 5.72. The molecular weight excluding hydrogens is 480 g/mol. The fourth-order valence-corrected chi connectivity index (χ4v) is 4.84. The van der Waals surface area contributed by atoms with Gasteiger partial charge in [0.2, 0.25) is 0 Å². The summed E-state index contributed by atoms with van der Waals surface area (Å²) in [6.45, 7) is 15.5. The largest absolute Gasteiger partial charge is 0.341 e. The lowest BCUT2D eigenvalue weighted by Crippen LogP contribution is -2.18. The maximum Gasteiger partial charge on any atom is 0.123 e. The van der Waals surface area contributed by atoms with E-state index in [1.165, 1.54) is 6.42 Å². The number of benzene rings is 1. The van der Waals surface area contributed by atoms with E-state index in [1.54, 1.807) is 0 Å². The van der Waals surface area contributed by atoms with Gasteiger partial charge in [-0.05, 0) is 61.3 Å². The minimum Gasteiger partial charge on any atom is -0.341 e. The fraction of sp³-hybridized carbons (Fsp3) is 0.333. The molecule has 2 aromatic heterocycles. The smallest absolute Gasteiger partial charge is 0.123 e. The molecule has 1 fully saturated rings. The monoisotopic (exact) mass is 522 g/mol. The molecule has 4 rings (SSSR count). The van der Waals surface area contributed by atoms with Crippen molar-refractivity contribution in [3.05, 3.63) is 109 Å². The first-order valence-electron chi connectivity index (χ1n) is 13.9. The molecule has 1 saturated heterocycles. The number of H-pyrrole nitrogens is 2. The highest BCUT2D eigenvalue weighted by Crippen LogP contribution is 2.26. The van der Waals surface area contributed by atoms with Crippen molar-refractivity contribution in [3.8, 4) is 11.3 Å². The summed E-state index contributed by atoms with van der Waals surface area (Å²) < 4.78 is 0. The van der Waals surface area contributed by atoms with Crippen LogP contribution in [-0.4, -0.2) is 26.5 Å². The van der Waals surface area contributed by atoms with Gasteiger partial charge in [-0.25, -0.2) is 9.97 Å². The van der Waals surface area contributed by atoms with Gasteiger partial charge in [-0.1, -0.05) is 86.7 Å². The van der Waals surface area contributed by atoms with Crippen molar-refractivity contribution < 1.29 is 0 Å². The maximum atomic E-state index is 6.44. The third-order valence-electron chi connectivity index (χ3n) is 7.43. The molecule has 5 N–H and O–H groups in total. The second kappa shape index (κ2) is 13.4. The Morgan fingerprint density at radius 3 is 2.56 bits per heavy atom. The molecule has 6 nitrogen and oxygen atoms in total. The average Bonchev–Trinajstić information content (AvgIpc) is 3.73. The van der Waals surface area contributed by atoms with Crippen molar-refractivity contribution in [1.29, 1.82) is 0 Å². The molecular formula is C33H42N6. The van der Waals surface area contributed by atoms with E-state index >= 15 is 0 Å². The van der Waals surface area contributed by atoms with E-state index < -0.39 is 0 Å². The lowest BCUT2D eigenvalue weighted by Gasteiger charge is -2.19. The minimum atomic E-state index is -0.165. The van der Waals surface area contributed by atoms with E-state index in [2.05, 4.69) is 102 Å². The van der Waals surface area contributed by atoms with E-state index in [0.717, 1.165) is 64.7 Å². The molecule has 3 atom stereocenters. The normalized spacial score (nSPS) is 18.1. The number of aromatic amines is 2. The third kappa shape index (κ3) is 7.43. The molecule has 3 unspecified atom stereocenters. The zero-order valence-electron chi connectivity index (χ0n) is 23.5. The van der Waals surface area contributed by atoms with Crippen LogP contribution < -0.4 is 11.1 Å². The van der Waals surface area contributed by atoms with Crippen LogP contribution in [0.4, 0.5) is 0 Å². The Balaban J connectivity index is 1.38. The summed E-state index contributed by atoms with van der Waals surface area (Å²) in [7, 11) is 0. The molecule has 39 heavy (non-hydrogen) atoms. The molecule has 1 aliphatic heterocycles. The van der Waals surface area contributed by atoms with Gasteiger partial charge in [-0.3, -0.25) is 0 Å². The van der Waals surface area contributed by atoms with Crippen LogP contribution >= 0.6 is 0 Å². The number of nitrogens with one attached hydrogen (secondary N) is 3. The van der Waals surface area contributed by atoms with E-state index in [9.17, 15) is 0 Å². The molecule has 0 saturated carbocycles. The summed E-state index contributed by atoms with van der Waals surface area (Å²) in [5, 5.41) is 3.49. The van der Waals surface area contributed by atoms with Crippen molar-refractivity contribution in [2.45, 2.75) is 52.1 Å². The molecule has 3 aromatic rings. The van der Waals surface area contributed by atoms with Crippen LogP contribution in [0.1, 0.15) is 75.0 Å². The molecule has 0 aliphatic carbocycles. The van der Waals surface area contributed by atoms with Crippen LogP contribution in [0, 0.1) is 11.8 Å². The highest BCUT2D eigenvalue weighted by atomic mass is 15.0. The zero-order chi connectivity index (χ0) is 27.8. The standard InChI is InChI=1S/C33H42N6/c1-6-25(30-20-36-32(38-30)28(34)19-26(7-2)22(3)4)15-11-23(5)10-12-24-13-16-27(17-14-24)31-21-37-33(39-31)29-9-8-18-35-29/h6-7,10-17,20-22,26,28-29,35H,1-2,8-9,18-19,34H2,3-5H3,(H,36,38)(H,37,39)/b12-10+,23-11+,25-15+. The molecule has 6 heteroatoms. The number of imidazole rings is 2. The summed E-state index contributed by atoms with van der Waals surface area (Å²) in [6.07, 6.45) is 19.1. The van der Waals surface area contributed by atoms with Crippen LogP contribution in [0.15, 0.2) is 85.8 Å². The average molecular weight is 523 g/mol. The van der Waals surface area contributed by atoms with Gasteiger partial charge in [0.05, 0.1) is 35.9 Å². The fourth-order valence-electron chi connectivity index (χ4n) is 4.84. The van der Waals surface area contributed by atoms with Crippen molar-refractivity contribution in [3.63, 3.8) is 0 Å². The second-order valence-corrected chi connectivity index (χ2v) is 10.7. The molecule has 0 radical (unpaired) electrons. The van der Waals surface area contributed by atoms with Gasteiger partial charge in [0.15, 0.2) is 0 Å². The van der Waals surface area contributed by atoms with Gasteiger partial charge in [0.25, 0.3) is 0 Å². The van der Waals surface area contributed by atoms with E-state index in [0.29, 0.717) is 17.9 Å². The number of hydrogen-bond donors (Lipinski definition) is 4. The lowest BCUT2D eigenvalue weighted by atomic mass is 9.89. The Kier molecular flexibility index (Phi) is 9.69. The molecule has 3 heterocycles. The van der Waals surface area contributed by atoms with Crippen LogP contribution in [0.5, 0.6) is 0 Å². The topological polar surface area (TPSA) is 95.4 Å². The molecule has 0 amide bonds. The third-order valence-corrected chi connectivity index (χ3v) is 7.43. The summed E-state index contributed by atoms with van der Waals surface area (Å²) >= 11 is 0. The number of hydrogen-bond acceptors (Lipinski definition) is 4. The van der Waals surface area contributed by atoms with Crippen LogP contribution in [-0.2, 0) is 0 Å². The van der Waals surface area contributed by atoms with Gasteiger partial charge >= 0.3 is 0 Å². The number of nitrogens with zero attached hydrogens (tertiary/aromatic N) is 2. The Bertz CT molecular complexity index is 1330. The Morgan fingerprint density at radius 1 is 1.10 bits per heavy atom. The predicted molar refractivity (Wildman–Crippen MR) is 164 cm³/mol. The Hall–Kier alpha value is -3.74. The van der Waals surface area contributed by atoms with Gasteiger partial charge in [-0.15, -0.1) is 6.58 Å². The lowest BCUT2D eigenvalue weighted by molar-refractivity contribution is 0.397. The first-order chi connectivity index (χ1) is 18.9. The molecule has 204 valence electrons. The molecule has 0 spiro atoms. The van der Waals surface area contributed by atoms with Gasteiger partial charge in [0.1, 0.15) is 11.6 Å². The summed E-state index contributed by atoms with van der Waals surface area (Å²) in [4.78, 5) is 16.0. The van der Waals surface area contributed by atoms with Gasteiger partial charge in [-0.2, -0.15) is 0 Å². The van der Waals surface area contributed by atoms with Crippen molar-refractivity contribution >= 4 is 11.6 Å². The predicted octanol–water partition coefficient (Wildman–Crippen LogP) is 7.30. The van der Waals surface area contributed by atoms with E-state index in [-0.39, 0.29) is 6.04 Å².